The van der Waals surface area contributed by atoms with Crippen LogP contribution in [0.4, 0.5) is 0 Å². The van der Waals surface area contributed by atoms with E-state index in [0.717, 1.165) is 0 Å². The van der Waals surface area contributed by atoms with Crippen LogP contribution in [-0.2, 0) is 16.1 Å². The Morgan fingerprint density at radius 3 is 2.65 bits per heavy atom. The lowest BCUT2D eigenvalue weighted by atomic mass is 9.65. The fourth-order valence-electron chi connectivity index (χ4n) is 3.04. The molecule has 20 heavy (non-hydrogen) atoms. The molecule has 2 atom stereocenters. The largest absolute Gasteiger partial charge is 0.550 e. The number of rotatable bonds is 4. The zero-order valence-electron chi connectivity index (χ0n) is 12.1. The van der Waals surface area contributed by atoms with Gasteiger partial charge in [-0.05, 0) is 30.4 Å². The number of carboxylic acids is 1. The molecule has 5 nitrogen and oxygen atoms in total. The lowest BCUT2D eigenvalue weighted by molar-refractivity contribution is -0.323. The summed E-state index contributed by atoms with van der Waals surface area (Å²) in [5.74, 6) is -0.864. The molecule has 0 radical (unpaired) electrons. The van der Waals surface area contributed by atoms with Gasteiger partial charge in [0.15, 0.2) is 0 Å². The van der Waals surface area contributed by atoms with Crippen LogP contribution in [0.15, 0.2) is 22.8 Å². The summed E-state index contributed by atoms with van der Waals surface area (Å²) >= 11 is 0. The SMILES string of the molecule is CC1(C)[C@@H](C(=O)NCc2ccco2)CC[C@]1(C)C(=O)[O-]. The quantitative estimate of drug-likeness (QED) is 0.893. The lowest BCUT2D eigenvalue weighted by Crippen LogP contribution is -2.50. The Hall–Kier alpha value is -1.78. The van der Waals surface area contributed by atoms with Gasteiger partial charge in [-0.15, -0.1) is 0 Å². The summed E-state index contributed by atoms with van der Waals surface area (Å²) < 4.78 is 5.16. The van der Waals surface area contributed by atoms with Gasteiger partial charge in [-0.3, -0.25) is 4.79 Å². The smallest absolute Gasteiger partial charge is 0.224 e. The summed E-state index contributed by atoms with van der Waals surface area (Å²) in [5.41, 5.74) is -1.61. The number of aliphatic carboxylic acids is 1. The van der Waals surface area contributed by atoms with E-state index in [1.807, 2.05) is 13.8 Å². The minimum absolute atomic E-state index is 0.128. The Balaban J connectivity index is 2.06. The molecular weight excluding hydrogens is 258 g/mol. The molecule has 1 aromatic rings. The number of furan rings is 1. The normalized spacial score (nSPS) is 28.2. The molecular formula is C15H20NO4-. The zero-order valence-corrected chi connectivity index (χ0v) is 12.1. The van der Waals surface area contributed by atoms with Crippen molar-refractivity contribution in [2.75, 3.05) is 0 Å². The maximum atomic E-state index is 12.3. The summed E-state index contributed by atoms with van der Waals surface area (Å²) in [6.45, 7) is 5.64. The molecule has 0 spiro atoms. The number of amides is 1. The Labute approximate surface area is 118 Å². The highest BCUT2D eigenvalue weighted by molar-refractivity contribution is 5.83. The molecule has 0 bridgehead atoms. The molecule has 2 rings (SSSR count). The summed E-state index contributed by atoms with van der Waals surface area (Å²) in [6, 6.07) is 3.54. The van der Waals surface area contributed by atoms with Gasteiger partial charge >= 0.3 is 0 Å². The van der Waals surface area contributed by atoms with Crippen molar-refractivity contribution in [1.29, 1.82) is 0 Å². The third kappa shape index (κ3) is 2.21. The molecule has 1 aliphatic carbocycles. The van der Waals surface area contributed by atoms with Crippen LogP contribution >= 0.6 is 0 Å². The average molecular weight is 278 g/mol. The van der Waals surface area contributed by atoms with E-state index in [4.69, 9.17) is 4.42 Å². The fraction of sp³-hybridized carbons (Fsp3) is 0.600. The van der Waals surface area contributed by atoms with Crippen LogP contribution in [0.25, 0.3) is 0 Å². The highest BCUT2D eigenvalue weighted by Gasteiger charge is 2.54. The summed E-state index contributed by atoms with van der Waals surface area (Å²) in [4.78, 5) is 23.7. The number of nitrogens with one attached hydrogen (secondary N) is 1. The molecule has 1 N–H and O–H groups in total. The van der Waals surface area contributed by atoms with Crippen LogP contribution in [0.5, 0.6) is 0 Å². The van der Waals surface area contributed by atoms with E-state index in [0.29, 0.717) is 25.1 Å². The van der Waals surface area contributed by atoms with Crippen LogP contribution in [-0.4, -0.2) is 11.9 Å². The summed E-state index contributed by atoms with van der Waals surface area (Å²) in [5, 5.41) is 14.2. The van der Waals surface area contributed by atoms with Crippen molar-refractivity contribution in [2.24, 2.45) is 16.7 Å². The first-order valence-electron chi connectivity index (χ1n) is 6.80. The van der Waals surface area contributed by atoms with Crippen molar-refractivity contribution < 1.29 is 19.1 Å². The summed E-state index contributed by atoms with van der Waals surface area (Å²) in [6.07, 6.45) is 2.57. The molecule has 1 aromatic heterocycles. The Bertz CT molecular complexity index is 506. The lowest BCUT2D eigenvalue weighted by Gasteiger charge is -2.41. The van der Waals surface area contributed by atoms with Crippen molar-refractivity contribution in [3.63, 3.8) is 0 Å². The third-order valence-corrected chi connectivity index (χ3v) is 5.01. The Kier molecular flexibility index (Phi) is 3.63. The fourth-order valence-corrected chi connectivity index (χ4v) is 3.04. The van der Waals surface area contributed by atoms with Crippen LogP contribution in [0.1, 0.15) is 39.4 Å². The summed E-state index contributed by atoms with van der Waals surface area (Å²) in [7, 11) is 0. The molecule has 1 fully saturated rings. The second kappa shape index (κ2) is 4.96. The highest BCUT2D eigenvalue weighted by atomic mass is 16.4. The van der Waals surface area contributed by atoms with Gasteiger partial charge in [-0.2, -0.15) is 0 Å². The molecule has 1 saturated carbocycles. The van der Waals surface area contributed by atoms with Gasteiger partial charge < -0.3 is 19.6 Å². The van der Waals surface area contributed by atoms with Gasteiger partial charge in [0.1, 0.15) is 5.76 Å². The van der Waals surface area contributed by atoms with Gasteiger partial charge in [0, 0.05) is 17.3 Å². The van der Waals surface area contributed by atoms with Crippen molar-refractivity contribution in [1.82, 2.24) is 5.32 Å². The van der Waals surface area contributed by atoms with Gasteiger partial charge in [0.25, 0.3) is 0 Å². The van der Waals surface area contributed by atoms with E-state index in [-0.39, 0.29) is 11.8 Å². The number of carbonyl (C=O) groups excluding carboxylic acids is 2. The zero-order chi connectivity index (χ0) is 15.0. The number of hydrogen-bond acceptors (Lipinski definition) is 4. The highest BCUT2D eigenvalue weighted by Crippen LogP contribution is 2.55. The first-order valence-corrected chi connectivity index (χ1v) is 6.80. The monoisotopic (exact) mass is 278 g/mol. The van der Waals surface area contributed by atoms with E-state index >= 15 is 0 Å². The minimum atomic E-state index is -1.08. The minimum Gasteiger partial charge on any atom is -0.550 e. The molecule has 1 heterocycles. The number of hydrogen-bond donors (Lipinski definition) is 1. The molecule has 0 aliphatic heterocycles. The van der Waals surface area contributed by atoms with E-state index < -0.39 is 16.8 Å². The van der Waals surface area contributed by atoms with Crippen LogP contribution < -0.4 is 10.4 Å². The van der Waals surface area contributed by atoms with Crippen molar-refractivity contribution in [3.8, 4) is 0 Å². The first-order chi connectivity index (χ1) is 9.29. The third-order valence-electron chi connectivity index (χ3n) is 5.01. The van der Waals surface area contributed by atoms with E-state index in [9.17, 15) is 14.7 Å². The maximum absolute atomic E-state index is 12.3. The van der Waals surface area contributed by atoms with Crippen molar-refractivity contribution in [2.45, 2.75) is 40.2 Å². The molecule has 5 heteroatoms. The van der Waals surface area contributed by atoms with Crippen LogP contribution in [0, 0.1) is 16.7 Å². The maximum Gasteiger partial charge on any atom is 0.224 e. The van der Waals surface area contributed by atoms with Gasteiger partial charge in [-0.1, -0.05) is 20.8 Å². The van der Waals surface area contributed by atoms with E-state index in [1.165, 1.54) is 0 Å². The molecule has 0 aromatic carbocycles. The predicted molar refractivity (Wildman–Crippen MR) is 70.2 cm³/mol. The van der Waals surface area contributed by atoms with Gasteiger partial charge in [0.05, 0.1) is 12.8 Å². The standard InChI is InChI=1S/C15H21NO4/c1-14(2)11(6-7-15(14,3)13(18)19)12(17)16-9-10-5-4-8-20-10/h4-5,8,11H,6-7,9H2,1-3H3,(H,16,17)(H,18,19)/p-1/t11-,15-/m1/s1. The first kappa shape index (κ1) is 14.6. The van der Waals surface area contributed by atoms with E-state index in [2.05, 4.69) is 5.32 Å². The van der Waals surface area contributed by atoms with Crippen LogP contribution in [0.3, 0.4) is 0 Å². The molecule has 1 aliphatic rings. The van der Waals surface area contributed by atoms with E-state index in [1.54, 1.807) is 25.3 Å². The van der Waals surface area contributed by atoms with Gasteiger partial charge in [0.2, 0.25) is 5.91 Å². The molecule has 0 unspecified atom stereocenters. The number of carbonyl (C=O) groups is 2. The molecule has 0 saturated heterocycles. The Morgan fingerprint density at radius 1 is 1.45 bits per heavy atom. The van der Waals surface area contributed by atoms with Crippen LogP contribution in [0.2, 0.25) is 0 Å². The predicted octanol–water partition coefficient (Wildman–Crippen LogP) is 1.09. The molecule has 1 amide bonds. The topological polar surface area (TPSA) is 82.4 Å². The average Bonchev–Trinajstić information content (AvgIpc) is 2.95. The van der Waals surface area contributed by atoms with Crippen molar-refractivity contribution >= 4 is 11.9 Å². The van der Waals surface area contributed by atoms with Gasteiger partial charge in [-0.25, -0.2) is 0 Å². The second-order valence-electron chi connectivity index (χ2n) is 6.23. The van der Waals surface area contributed by atoms with Crippen molar-refractivity contribution in [3.05, 3.63) is 24.2 Å². The molecule has 110 valence electrons. The Morgan fingerprint density at radius 2 is 2.15 bits per heavy atom. The number of carboxylic acid groups (broad SMARTS) is 1. The second-order valence-corrected chi connectivity index (χ2v) is 6.23.